The van der Waals surface area contributed by atoms with E-state index in [0.717, 1.165) is 36.2 Å². The average molecular weight is 247 g/mol. The van der Waals surface area contributed by atoms with Gasteiger partial charge in [-0.25, -0.2) is 4.98 Å². The highest BCUT2D eigenvalue weighted by Crippen LogP contribution is 2.32. The number of rotatable bonds is 2. The smallest absolute Gasteiger partial charge is 0.201 e. The second-order valence-electron chi connectivity index (χ2n) is 4.54. The molecule has 1 aromatic carbocycles. The van der Waals surface area contributed by atoms with Gasteiger partial charge in [0.2, 0.25) is 5.95 Å². The number of benzene rings is 1. The van der Waals surface area contributed by atoms with Crippen LogP contribution in [0.15, 0.2) is 18.2 Å². The van der Waals surface area contributed by atoms with Gasteiger partial charge in [0.1, 0.15) is 11.3 Å². The van der Waals surface area contributed by atoms with Crippen molar-refractivity contribution in [2.45, 2.75) is 18.9 Å². The van der Waals surface area contributed by atoms with Crippen LogP contribution in [0.5, 0.6) is 5.75 Å². The predicted octanol–water partition coefficient (Wildman–Crippen LogP) is 1.98. The molecule has 1 saturated heterocycles. The number of nitrogen functional groups attached to an aromatic ring is 1. The molecule has 0 saturated carbocycles. The van der Waals surface area contributed by atoms with Gasteiger partial charge in [-0.3, -0.25) is 0 Å². The van der Waals surface area contributed by atoms with Crippen molar-refractivity contribution in [3.05, 3.63) is 18.2 Å². The fourth-order valence-electron chi connectivity index (χ4n) is 2.59. The van der Waals surface area contributed by atoms with E-state index in [4.69, 9.17) is 15.2 Å². The van der Waals surface area contributed by atoms with E-state index in [2.05, 4.69) is 9.55 Å². The van der Waals surface area contributed by atoms with E-state index in [1.165, 1.54) is 0 Å². The van der Waals surface area contributed by atoms with Crippen LogP contribution in [-0.4, -0.2) is 29.9 Å². The lowest BCUT2D eigenvalue weighted by Crippen LogP contribution is -2.22. The Morgan fingerprint density at radius 1 is 1.50 bits per heavy atom. The highest BCUT2D eigenvalue weighted by Gasteiger charge is 2.21. The van der Waals surface area contributed by atoms with Crippen molar-refractivity contribution in [2.24, 2.45) is 0 Å². The van der Waals surface area contributed by atoms with Crippen molar-refractivity contribution < 1.29 is 9.47 Å². The first-order valence-electron chi connectivity index (χ1n) is 6.19. The number of nitrogens with zero attached hydrogens (tertiary/aromatic N) is 2. The second-order valence-corrected chi connectivity index (χ2v) is 4.54. The molecule has 3 rings (SSSR count). The molecule has 1 aromatic heterocycles. The number of aromatic nitrogens is 2. The monoisotopic (exact) mass is 247 g/mol. The molecule has 0 amide bonds. The minimum atomic E-state index is 0.274. The van der Waals surface area contributed by atoms with Crippen molar-refractivity contribution in [1.29, 1.82) is 0 Å². The summed E-state index contributed by atoms with van der Waals surface area (Å²) in [7, 11) is 1.65. The fraction of sp³-hybridized carbons (Fsp3) is 0.462. The topological polar surface area (TPSA) is 62.3 Å². The summed E-state index contributed by atoms with van der Waals surface area (Å²) in [4.78, 5) is 4.42. The Bertz CT molecular complexity index is 559. The summed E-state index contributed by atoms with van der Waals surface area (Å²) in [6.07, 6.45) is 2.14. The number of methoxy groups -OCH3 is 1. The number of hydrogen-bond acceptors (Lipinski definition) is 4. The molecule has 5 heteroatoms. The third-order valence-electron chi connectivity index (χ3n) is 3.43. The van der Waals surface area contributed by atoms with Crippen LogP contribution in [0.2, 0.25) is 0 Å². The van der Waals surface area contributed by atoms with E-state index in [-0.39, 0.29) is 6.04 Å². The molecule has 1 atom stereocenters. The van der Waals surface area contributed by atoms with Crippen LogP contribution in [-0.2, 0) is 4.74 Å². The molecule has 1 aliphatic heterocycles. The summed E-state index contributed by atoms with van der Waals surface area (Å²) in [6.45, 7) is 1.54. The van der Waals surface area contributed by atoms with Crippen molar-refractivity contribution in [2.75, 3.05) is 26.1 Å². The van der Waals surface area contributed by atoms with Gasteiger partial charge in [-0.15, -0.1) is 0 Å². The Kier molecular flexibility index (Phi) is 2.83. The van der Waals surface area contributed by atoms with E-state index in [1.807, 2.05) is 18.2 Å². The van der Waals surface area contributed by atoms with Crippen molar-refractivity contribution in [3.8, 4) is 5.75 Å². The summed E-state index contributed by atoms with van der Waals surface area (Å²) in [5, 5.41) is 0. The highest BCUT2D eigenvalue weighted by molar-refractivity contribution is 5.84. The summed E-state index contributed by atoms with van der Waals surface area (Å²) in [5.74, 6) is 1.29. The van der Waals surface area contributed by atoms with Crippen LogP contribution in [0.1, 0.15) is 18.9 Å². The Labute approximate surface area is 106 Å². The average Bonchev–Trinajstić information content (AvgIpc) is 2.75. The molecule has 2 aromatic rings. The largest absolute Gasteiger partial charge is 0.494 e. The summed E-state index contributed by atoms with van der Waals surface area (Å²) >= 11 is 0. The highest BCUT2D eigenvalue weighted by atomic mass is 16.5. The normalized spacial score (nSPS) is 20.2. The van der Waals surface area contributed by atoms with Gasteiger partial charge in [-0.1, -0.05) is 6.07 Å². The van der Waals surface area contributed by atoms with Crippen molar-refractivity contribution >= 4 is 17.0 Å². The number of nitrogens with two attached hydrogens (primary N) is 1. The molecule has 2 heterocycles. The number of ether oxygens (including phenoxy) is 2. The van der Waals surface area contributed by atoms with Gasteiger partial charge in [0.25, 0.3) is 0 Å². The van der Waals surface area contributed by atoms with Gasteiger partial charge >= 0.3 is 0 Å². The third kappa shape index (κ3) is 1.71. The van der Waals surface area contributed by atoms with Crippen LogP contribution < -0.4 is 10.5 Å². The van der Waals surface area contributed by atoms with Crippen LogP contribution in [0.4, 0.5) is 5.95 Å². The zero-order chi connectivity index (χ0) is 12.5. The maximum Gasteiger partial charge on any atom is 0.201 e. The maximum atomic E-state index is 6.05. The molecule has 18 heavy (non-hydrogen) atoms. The first kappa shape index (κ1) is 11.3. The number of para-hydroxylation sites is 1. The van der Waals surface area contributed by atoms with E-state index in [9.17, 15) is 0 Å². The molecule has 96 valence electrons. The minimum Gasteiger partial charge on any atom is -0.494 e. The molecular weight excluding hydrogens is 230 g/mol. The van der Waals surface area contributed by atoms with E-state index < -0.39 is 0 Å². The van der Waals surface area contributed by atoms with Gasteiger partial charge < -0.3 is 19.8 Å². The molecular formula is C13H17N3O2. The Morgan fingerprint density at radius 3 is 3.11 bits per heavy atom. The van der Waals surface area contributed by atoms with Crippen LogP contribution in [0.3, 0.4) is 0 Å². The lowest BCUT2D eigenvalue weighted by Gasteiger charge is -2.24. The van der Waals surface area contributed by atoms with E-state index in [0.29, 0.717) is 12.6 Å². The Hall–Kier alpha value is -1.75. The van der Waals surface area contributed by atoms with Gasteiger partial charge in [0.15, 0.2) is 0 Å². The SMILES string of the molecule is COc1cccc2c1nc(N)n2C1CCCOC1. The van der Waals surface area contributed by atoms with Crippen LogP contribution in [0, 0.1) is 0 Å². The predicted molar refractivity (Wildman–Crippen MR) is 69.8 cm³/mol. The molecule has 0 aliphatic carbocycles. The van der Waals surface area contributed by atoms with Crippen molar-refractivity contribution in [1.82, 2.24) is 9.55 Å². The summed E-state index contributed by atoms with van der Waals surface area (Å²) in [6, 6.07) is 6.16. The summed E-state index contributed by atoms with van der Waals surface area (Å²) in [5.41, 5.74) is 7.89. The first-order valence-corrected chi connectivity index (χ1v) is 6.19. The quantitative estimate of drug-likeness (QED) is 0.881. The first-order chi connectivity index (χ1) is 8.81. The molecule has 1 fully saturated rings. The van der Waals surface area contributed by atoms with Gasteiger partial charge in [-0.05, 0) is 25.0 Å². The molecule has 1 unspecified atom stereocenters. The molecule has 5 nitrogen and oxygen atoms in total. The number of anilines is 1. The number of hydrogen-bond donors (Lipinski definition) is 1. The Balaban J connectivity index is 2.13. The summed E-state index contributed by atoms with van der Waals surface area (Å²) < 4.78 is 12.9. The molecule has 1 aliphatic rings. The van der Waals surface area contributed by atoms with E-state index >= 15 is 0 Å². The lowest BCUT2D eigenvalue weighted by molar-refractivity contribution is 0.0611. The molecule has 0 radical (unpaired) electrons. The molecule has 0 spiro atoms. The zero-order valence-electron chi connectivity index (χ0n) is 10.4. The standard InChI is InChI=1S/C13H17N3O2/c1-17-11-6-2-5-10-12(11)15-13(14)16(10)9-4-3-7-18-8-9/h2,5-6,9H,3-4,7-8H2,1H3,(H2,14,15). The second kappa shape index (κ2) is 4.49. The zero-order valence-corrected chi connectivity index (χ0v) is 10.4. The number of imidazole rings is 1. The van der Waals surface area contributed by atoms with Crippen molar-refractivity contribution in [3.63, 3.8) is 0 Å². The lowest BCUT2D eigenvalue weighted by atomic mass is 10.1. The third-order valence-corrected chi connectivity index (χ3v) is 3.43. The molecule has 0 bridgehead atoms. The van der Waals surface area contributed by atoms with Gasteiger partial charge in [0, 0.05) is 6.61 Å². The Morgan fingerprint density at radius 2 is 2.39 bits per heavy atom. The van der Waals surface area contributed by atoms with Gasteiger partial charge in [-0.2, -0.15) is 0 Å². The molecule has 2 N–H and O–H groups in total. The van der Waals surface area contributed by atoms with Gasteiger partial charge in [0.05, 0.1) is 25.3 Å². The fourth-order valence-corrected chi connectivity index (χ4v) is 2.59. The van der Waals surface area contributed by atoms with E-state index in [1.54, 1.807) is 7.11 Å². The van der Waals surface area contributed by atoms with Crippen LogP contribution in [0.25, 0.3) is 11.0 Å². The maximum absolute atomic E-state index is 6.05. The number of fused-ring (bicyclic) bond motifs is 1. The van der Waals surface area contributed by atoms with Crippen LogP contribution >= 0.6 is 0 Å². The minimum absolute atomic E-state index is 0.274.